The number of alkyl halides is 2. The summed E-state index contributed by atoms with van der Waals surface area (Å²) in [6, 6.07) is 12.5. The highest BCUT2D eigenvalue weighted by molar-refractivity contribution is 5.58. The average Bonchev–Trinajstić information content (AvgIpc) is 2.46. The van der Waals surface area contributed by atoms with Crippen molar-refractivity contribution in [3.8, 4) is 11.5 Å². The number of aryl methyl sites for hydroxylation is 1. The van der Waals surface area contributed by atoms with Gasteiger partial charge in [-0.15, -0.1) is 0 Å². The van der Waals surface area contributed by atoms with Crippen LogP contribution in [0.5, 0.6) is 11.5 Å². The van der Waals surface area contributed by atoms with Gasteiger partial charge in [-0.1, -0.05) is 24.3 Å². The van der Waals surface area contributed by atoms with Crippen molar-refractivity contribution >= 4 is 5.69 Å². The Morgan fingerprint density at radius 2 is 1.86 bits per heavy atom. The van der Waals surface area contributed by atoms with Crippen molar-refractivity contribution in [3.63, 3.8) is 0 Å². The number of nitrogens with one attached hydrogen (secondary N) is 1. The van der Waals surface area contributed by atoms with E-state index in [1.54, 1.807) is 25.3 Å². The normalized spacial score (nSPS) is 10.5. The molecule has 2 aromatic rings. The van der Waals surface area contributed by atoms with Crippen LogP contribution in [-0.2, 0) is 6.54 Å². The summed E-state index contributed by atoms with van der Waals surface area (Å²) in [7, 11) is 1.59. The molecule has 0 spiro atoms. The van der Waals surface area contributed by atoms with Crippen molar-refractivity contribution in [2.45, 2.75) is 20.1 Å². The van der Waals surface area contributed by atoms with Gasteiger partial charge in [-0.25, -0.2) is 0 Å². The molecule has 0 aromatic heterocycles. The van der Waals surface area contributed by atoms with Crippen molar-refractivity contribution < 1.29 is 18.3 Å². The number of benzene rings is 2. The van der Waals surface area contributed by atoms with Crippen LogP contribution in [0, 0.1) is 6.92 Å². The Morgan fingerprint density at radius 3 is 2.57 bits per heavy atom. The summed E-state index contributed by atoms with van der Waals surface area (Å²) in [6.07, 6.45) is 0. The number of rotatable bonds is 6. The second-order valence-corrected chi connectivity index (χ2v) is 4.54. The summed E-state index contributed by atoms with van der Waals surface area (Å²) in [5.74, 6) is 0.883. The molecule has 2 rings (SSSR count). The van der Waals surface area contributed by atoms with Gasteiger partial charge in [0.2, 0.25) is 0 Å². The summed E-state index contributed by atoms with van der Waals surface area (Å²) in [6.45, 7) is -0.500. The van der Waals surface area contributed by atoms with Gasteiger partial charge in [0.25, 0.3) is 0 Å². The van der Waals surface area contributed by atoms with Crippen LogP contribution in [0.1, 0.15) is 11.1 Å². The van der Waals surface area contributed by atoms with Crippen molar-refractivity contribution in [1.29, 1.82) is 0 Å². The Labute approximate surface area is 122 Å². The maximum absolute atomic E-state index is 12.4. The molecular formula is C16H17F2NO2. The minimum absolute atomic E-state index is 0.172. The summed E-state index contributed by atoms with van der Waals surface area (Å²) in [5.41, 5.74) is 2.54. The summed E-state index contributed by atoms with van der Waals surface area (Å²) in [4.78, 5) is 0. The van der Waals surface area contributed by atoms with E-state index in [-0.39, 0.29) is 5.75 Å². The van der Waals surface area contributed by atoms with Crippen LogP contribution in [0.25, 0.3) is 0 Å². The van der Waals surface area contributed by atoms with Gasteiger partial charge in [-0.05, 0) is 30.7 Å². The van der Waals surface area contributed by atoms with E-state index in [1.807, 2.05) is 25.1 Å². The number of methoxy groups -OCH3 is 1. The Balaban J connectivity index is 2.13. The standard InChI is InChI=1S/C16H17F2NO2/c1-11-7-8-13(15(9-11)20-2)19-10-12-5-3-4-6-14(12)21-16(17)18/h3-9,16,19H,10H2,1-2H3. The molecule has 0 saturated heterocycles. The van der Waals surface area contributed by atoms with Crippen LogP contribution in [0.15, 0.2) is 42.5 Å². The SMILES string of the molecule is COc1cc(C)ccc1NCc1ccccc1OC(F)F. The van der Waals surface area contributed by atoms with E-state index >= 15 is 0 Å². The molecule has 0 aliphatic carbocycles. The minimum atomic E-state index is -2.83. The van der Waals surface area contributed by atoms with Crippen molar-refractivity contribution in [2.24, 2.45) is 0 Å². The minimum Gasteiger partial charge on any atom is -0.495 e. The maximum atomic E-state index is 12.4. The fraction of sp³-hybridized carbons (Fsp3) is 0.250. The van der Waals surface area contributed by atoms with Crippen LogP contribution in [-0.4, -0.2) is 13.7 Å². The van der Waals surface area contributed by atoms with Gasteiger partial charge in [-0.2, -0.15) is 8.78 Å². The van der Waals surface area contributed by atoms with Crippen LogP contribution >= 0.6 is 0 Å². The Morgan fingerprint density at radius 1 is 1.10 bits per heavy atom. The first-order chi connectivity index (χ1) is 10.1. The molecular weight excluding hydrogens is 276 g/mol. The lowest BCUT2D eigenvalue weighted by molar-refractivity contribution is -0.0504. The number of para-hydroxylation sites is 1. The Bertz CT molecular complexity index is 603. The zero-order chi connectivity index (χ0) is 15.2. The lowest BCUT2D eigenvalue weighted by Gasteiger charge is -2.14. The third-order valence-electron chi connectivity index (χ3n) is 3.01. The van der Waals surface area contributed by atoms with Crippen molar-refractivity contribution in [1.82, 2.24) is 0 Å². The first-order valence-electron chi connectivity index (χ1n) is 6.51. The third-order valence-corrected chi connectivity index (χ3v) is 3.01. The zero-order valence-electron chi connectivity index (χ0n) is 11.9. The monoisotopic (exact) mass is 293 g/mol. The zero-order valence-corrected chi connectivity index (χ0v) is 11.9. The van der Waals surface area contributed by atoms with Gasteiger partial charge in [0.05, 0.1) is 12.8 Å². The Kier molecular flexibility index (Phi) is 4.98. The van der Waals surface area contributed by atoms with Gasteiger partial charge in [0.15, 0.2) is 0 Å². The second-order valence-electron chi connectivity index (χ2n) is 4.54. The summed E-state index contributed by atoms with van der Waals surface area (Å²) in [5, 5.41) is 3.17. The Hall–Kier alpha value is -2.30. The molecule has 2 aromatic carbocycles. The third kappa shape index (κ3) is 4.08. The highest BCUT2D eigenvalue weighted by Crippen LogP contribution is 2.27. The molecule has 0 aliphatic rings. The molecule has 0 heterocycles. The van der Waals surface area contributed by atoms with E-state index in [4.69, 9.17) is 4.74 Å². The van der Waals surface area contributed by atoms with Crippen LogP contribution < -0.4 is 14.8 Å². The molecule has 0 bridgehead atoms. The molecule has 0 amide bonds. The van der Waals surface area contributed by atoms with E-state index < -0.39 is 6.61 Å². The van der Waals surface area contributed by atoms with Gasteiger partial charge < -0.3 is 14.8 Å². The molecule has 5 heteroatoms. The summed E-state index contributed by atoms with van der Waals surface area (Å²) < 4.78 is 34.5. The molecule has 0 radical (unpaired) electrons. The lowest BCUT2D eigenvalue weighted by atomic mass is 10.1. The molecule has 3 nitrogen and oxygen atoms in total. The molecule has 1 N–H and O–H groups in total. The van der Waals surface area contributed by atoms with Crippen molar-refractivity contribution in [3.05, 3.63) is 53.6 Å². The predicted octanol–water partition coefficient (Wildman–Crippen LogP) is 4.22. The number of ether oxygens (including phenoxy) is 2. The number of hydrogen-bond donors (Lipinski definition) is 1. The van der Waals surface area contributed by atoms with Crippen LogP contribution in [0.3, 0.4) is 0 Å². The maximum Gasteiger partial charge on any atom is 0.387 e. The van der Waals surface area contributed by atoms with E-state index in [0.717, 1.165) is 11.3 Å². The fourth-order valence-electron chi connectivity index (χ4n) is 2.00. The lowest BCUT2D eigenvalue weighted by Crippen LogP contribution is -2.07. The molecule has 21 heavy (non-hydrogen) atoms. The molecule has 112 valence electrons. The molecule has 0 fully saturated rings. The van der Waals surface area contributed by atoms with Gasteiger partial charge in [-0.3, -0.25) is 0 Å². The highest BCUT2D eigenvalue weighted by atomic mass is 19.3. The smallest absolute Gasteiger partial charge is 0.387 e. The average molecular weight is 293 g/mol. The largest absolute Gasteiger partial charge is 0.495 e. The molecule has 0 atom stereocenters. The van der Waals surface area contributed by atoms with E-state index in [2.05, 4.69) is 10.1 Å². The van der Waals surface area contributed by atoms with Crippen molar-refractivity contribution in [2.75, 3.05) is 12.4 Å². The van der Waals surface area contributed by atoms with Crippen LogP contribution in [0.4, 0.5) is 14.5 Å². The molecule has 0 saturated carbocycles. The van der Waals surface area contributed by atoms with Gasteiger partial charge >= 0.3 is 6.61 Å². The van der Waals surface area contributed by atoms with E-state index in [0.29, 0.717) is 17.9 Å². The number of halogens is 2. The first kappa shape index (κ1) is 15.1. The van der Waals surface area contributed by atoms with Crippen LogP contribution in [0.2, 0.25) is 0 Å². The van der Waals surface area contributed by atoms with E-state index in [9.17, 15) is 8.78 Å². The molecule has 0 aliphatic heterocycles. The van der Waals surface area contributed by atoms with Gasteiger partial charge in [0, 0.05) is 12.1 Å². The van der Waals surface area contributed by atoms with Gasteiger partial charge in [0.1, 0.15) is 11.5 Å². The van der Waals surface area contributed by atoms with E-state index in [1.165, 1.54) is 6.07 Å². The second kappa shape index (κ2) is 6.92. The quantitative estimate of drug-likeness (QED) is 0.865. The highest BCUT2D eigenvalue weighted by Gasteiger charge is 2.10. The number of anilines is 1. The first-order valence-corrected chi connectivity index (χ1v) is 6.51. The fourth-order valence-corrected chi connectivity index (χ4v) is 2.00. The number of hydrogen-bond acceptors (Lipinski definition) is 3. The summed E-state index contributed by atoms with van der Waals surface area (Å²) >= 11 is 0. The molecule has 0 unspecified atom stereocenters. The predicted molar refractivity (Wildman–Crippen MR) is 78.1 cm³/mol. The topological polar surface area (TPSA) is 30.5 Å².